The Bertz CT molecular complexity index is 825. The van der Waals surface area contributed by atoms with Gasteiger partial charge in [-0.3, -0.25) is 19.7 Å². The number of ether oxygens (including phenoxy) is 1. The van der Waals surface area contributed by atoms with E-state index in [0.717, 1.165) is 12.0 Å². The molecule has 0 aromatic heterocycles. The fourth-order valence-corrected chi connectivity index (χ4v) is 3.36. The molecule has 1 N–H and O–H groups in total. The van der Waals surface area contributed by atoms with E-state index in [-0.39, 0.29) is 30.0 Å². The van der Waals surface area contributed by atoms with Crippen LogP contribution in [-0.4, -0.2) is 29.2 Å². The number of nitro groups is 1. The number of nitrogens with one attached hydrogen (secondary N) is 1. The quantitative estimate of drug-likeness (QED) is 0.271. The molecule has 0 aliphatic rings. The summed E-state index contributed by atoms with van der Waals surface area (Å²) in [5.74, 6) is -0.475. The van der Waals surface area contributed by atoms with Gasteiger partial charge in [-0.15, -0.1) is 11.8 Å². The second-order valence-corrected chi connectivity index (χ2v) is 7.91. The second-order valence-electron chi connectivity index (χ2n) is 6.86. The summed E-state index contributed by atoms with van der Waals surface area (Å²) in [5, 5.41) is 13.6. The third kappa shape index (κ3) is 7.95. The van der Waals surface area contributed by atoms with Gasteiger partial charge in [-0.1, -0.05) is 44.2 Å². The fraction of sp³-hybridized carbons (Fsp3) is 0.333. The average Bonchev–Trinajstić information content (AvgIpc) is 2.71. The Hall–Kier alpha value is -2.87. The molecule has 0 bridgehead atoms. The van der Waals surface area contributed by atoms with Crippen LogP contribution in [0, 0.1) is 16.0 Å². The number of carbonyl (C=O) groups excluding carboxylic acids is 2. The summed E-state index contributed by atoms with van der Waals surface area (Å²) in [6.07, 6.45) is 0.777. The Labute approximate surface area is 174 Å². The Morgan fingerprint density at radius 3 is 2.34 bits per heavy atom. The van der Waals surface area contributed by atoms with Crippen LogP contribution in [0.25, 0.3) is 0 Å². The summed E-state index contributed by atoms with van der Waals surface area (Å²) in [5.41, 5.74) is 0.998. The van der Waals surface area contributed by atoms with Crippen molar-refractivity contribution in [2.75, 3.05) is 12.4 Å². The molecule has 7 nitrogen and oxygen atoms in total. The third-order valence-electron chi connectivity index (χ3n) is 4.01. The lowest BCUT2D eigenvalue weighted by molar-refractivity contribution is -0.384. The number of hydrogen-bond donors (Lipinski definition) is 1. The molecule has 29 heavy (non-hydrogen) atoms. The normalized spacial score (nSPS) is 11.7. The Morgan fingerprint density at radius 1 is 1.10 bits per heavy atom. The smallest absolute Gasteiger partial charge is 0.316 e. The predicted molar refractivity (Wildman–Crippen MR) is 112 cm³/mol. The van der Waals surface area contributed by atoms with Crippen LogP contribution < -0.4 is 5.32 Å². The molecule has 2 aromatic carbocycles. The lowest BCUT2D eigenvalue weighted by atomic mass is 9.97. The maximum Gasteiger partial charge on any atom is 0.316 e. The monoisotopic (exact) mass is 416 g/mol. The minimum Gasteiger partial charge on any atom is -0.455 e. The number of nitrogens with zero attached hydrogens (tertiary/aromatic N) is 1. The summed E-state index contributed by atoms with van der Waals surface area (Å²) in [6.45, 7) is 3.82. The van der Waals surface area contributed by atoms with Crippen molar-refractivity contribution >= 4 is 29.3 Å². The van der Waals surface area contributed by atoms with Crippen molar-refractivity contribution in [3.05, 3.63) is 70.3 Å². The first-order valence-corrected chi connectivity index (χ1v) is 10.2. The standard InChI is InChI=1S/C21H24N2O5S/c1-15(2)12-19(16-6-4-3-5-7-16)22-20(24)13-28-21(25)14-29-18-10-8-17(9-11-18)23(26)27/h3-11,15,19H,12-14H2,1-2H3,(H,22,24)/t19-/m1/s1. The molecular weight excluding hydrogens is 392 g/mol. The molecule has 0 aliphatic heterocycles. The number of esters is 1. The lowest BCUT2D eigenvalue weighted by Gasteiger charge is -2.21. The molecule has 0 fully saturated rings. The SMILES string of the molecule is CC(C)C[C@@H](NC(=O)COC(=O)CSc1ccc([N+](=O)[O-])cc1)c1ccccc1. The molecule has 0 saturated heterocycles. The van der Waals surface area contributed by atoms with Gasteiger partial charge in [0.05, 0.1) is 16.7 Å². The van der Waals surface area contributed by atoms with Crippen LogP contribution in [0.15, 0.2) is 59.5 Å². The zero-order valence-corrected chi connectivity index (χ0v) is 17.2. The lowest BCUT2D eigenvalue weighted by Crippen LogP contribution is -2.33. The van der Waals surface area contributed by atoms with E-state index >= 15 is 0 Å². The Balaban J connectivity index is 1.79. The van der Waals surface area contributed by atoms with Gasteiger partial charge in [0.2, 0.25) is 0 Å². The van der Waals surface area contributed by atoms with Crippen molar-refractivity contribution in [2.45, 2.75) is 31.2 Å². The van der Waals surface area contributed by atoms with Crippen LogP contribution in [0.1, 0.15) is 31.9 Å². The van der Waals surface area contributed by atoms with Crippen molar-refractivity contribution < 1.29 is 19.2 Å². The van der Waals surface area contributed by atoms with Crippen molar-refractivity contribution in [3.8, 4) is 0 Å². The van der Waals surface area contributed by atoms with Gasteiger partial charge in [0.25, 0.3) is 11.6 Å². The van der Waals surface area contributed by atoms with E-state index in [4.69, 9.17) is 4.74 Å². The van der Waals surface area contributed by atoms with Gasteiger partial charge >= 0.3 is 5.97 Å². The van der Waals surface area contributed by atoms with Gasteiger partial charge < -0.3 is 10.1 Å². The van der Waals surface area contributed by atoms with Crippen molar-refractivity contribution in [3.63, 3.8) is 0 Å². The van der Waals surface area contributed by atoms with E-state index in [9.17, 15) is 19.7 Å². The molecular formula is C21H24N2O5S. The number of hydrogen-bond acceptors (Lipinski definition) is 6. The number of non-ortho nitro benzene ring substituents is 1. The predicted octanol–water partition coefficient (Wildman–Crippen LogP) is 4.13. The molecule has 2 rings (SSSR count). The molecule has 2 aromatic rings. The average molecular weight is 416 g/mol. The summed E-state index contributed by atoms with van der Waals surface area (Å²) >= 11 is 1.19. The summed E-state index contributed by atoms with van der Waals surface area (Å²) in [4.78, 5) is 35.0. The molecule has 154 valence electrons. The minimum absolute atomic E-state index is 0.0111. The van der Waals surface area contributed by atoms with E-state index in [0.29, 0.717) is 10.8 Å². The number of benzene rings is 2. The minimum atomic E-state index is -0.524. The topological polar surface area (TPSA) is 98.5 Å². The fourth-order valence-electron chi connectivity index (χ4n) is 2.67. The van der Waals surface area contributed by atoms with Gasteiger partial charge in [-0.2, -0.15) is 0 Å². The van der Waals surface area contributed by atoms with Gasteiger partial charge in [0.1, 0.15) is 0 Å². The van der Waals surface area contributed by atoms with Crippen molar-refractivity contribution in [2.24, 2.45) is 5.92 Å². The van der Waals surface area contributed by atoms with Crippen molar-refractivity contribution in [1.82, 2.24) is 5.32 Å². The third-order valence-corrected chi connectivity index (χ3v) is 5.00. The zero-order chi connectivity index (χ0) is 21.2. The van der Waals surface area contributed by atoms with E-state index in [2.05, 4.69) is 19.2 Å². The first-order chi connectivity index (χ1) is 13.8. The molecule has 1 amide bonds. The zero-order valence-electron chi connectivity index (χ0n) is 16.4. The molecule has 0 saturated carbocycles. The van der Waals surface area contributed by atoms with Crippen LogP contribution in [0.3, 0.4) is 0 Å². The Morgan fingerprint density at radius 2 is 1.76 bits per heavy atom. The summed E-state index contributed by atoms with van der Waals surface area (Å²) < 4.78 is 5.05. The van der Waals surface area contributed by atoms with E-state index in [1.807, 2.05) is 30.3 Å². The van der Waals surface area contributed by atoms with E-state index < -0.39 is 10.9 Å². The van der Waals surface area contributed by atoms with Gasteiger partial charge in [0.15, 0.2) is 6.61 Å². The van der Waals surface area contributed by atoms with Crippen LogP contribution in [0.5, 0.6) is 0 Å². The molecule has 0 aliphatic carbocycles. The highest BCUT2D eigenvalue weighted by atomic mass is 32.2. The molecule has 8 heteroatoms. The van der Waals surface area contributed by atoms with Gasteiger partial charge in [-0.05, 0) is 30.0 Å². The molecule has 0 spiro atoms. The first-order valence-electron chi connectivity index (χ1n) is 9.22. The van der Waals surface area contributed by atoms with Crippen LogP contribution in [0.4, 0.5) is 5.69 Å². The maximum absolute atomic E-state index is 12.2. The van der Waals surface area contributed by atoms with Gasteiger partial charge in [-0.25, -0.2) is 0 Å². The number of amides is 1. The first kappa shape index (κ1) is 22.4. The number of carbonyl (C=O) groups is 2. The van der Waals surface area contributed by atoms with Crippen LogP contribution in [-0.2, 0) is 14.3 Å². The molecule has 0 unspecified atom stereocenters. The molecule has 0 radical (unpaired) electrons. The number of rotatable bonds is 10. The van der Waals surface area contributed by atoms with Crippen molar-refractivity contribution in [1.29, 1.82) is 0 Å². The van der Waals surface area contributed by atoms with Crippen LogP contribution in [0.2, 0.25) is 0 Å². The highest BCUT2D eigenvalue weighted by Gasteiger charge is 2.17. The summed E-state index contributed by atoms with van der Waals surface area (Å²) in [7, 11) is 0. The number of nitro benzene ring substituents is 1. The summed E-state index contributed by atoms with van der Waals surface area (Å²) in [6, 6.07) is 15.4. The van der Waals surface area contributed by atoms with E-state index in [1.165, 1.54) is 23.9 Å². The molecule has 1 atom stereocenters. The second kappa shape index (κ2) is 11.2. The Kier molecular flexibility index (Phi) is 8.67. The van der Waals surface area contributed by atoms with Crippen LogP contribution >= 0.6 is 11.8 Å². The molecule has 0 heterocycles. The highest BCUT2D eigenvalue weighted by Crippen LogP contribution is 2.22. The highest BCUT2D eigenvalue weighted by molar-refractivity contribution is 8.00. The number of thioether (sulfide) groups is 1. The maximum atomic E-state index is 12.2. The largest absolute Gasteiger partial charge is 0.455 e. The van der Waals surface area contributed by atoms with E-state index in [1.54, 1.807) is 12.1 Å². The van der Waals surface area contributed by atoms with Gasteiger partial charge in [0, 0.05) is 17.0 Å².